The minimum absolute atomic E-state index is 0.0149. The fourth-order valence-corrected chi connectivity index (χ4v) is 10.8. The van der Waals surface area contributed by atoms with E-state index in [-0.39, 0.29) is 42.3 Å². The molecule has 7 atom stereocenters. The molecule has 300 valence electrons. The smallest absolute Gasteiger partial charge is 0.168 e. The second-order valence-corrected chi connectivity index (χ2v) is 17.4. The van der Waals surface area contributed by atoms with Crippen molar-refractivity contribution in [2.75, 3.05) is 19.8 Å². The zero-order valence-electron chi connectivity index (χ0n) is 33.2. The summed E-state index contributed by atoms with van der Waals surface area (Å²) in [5.41, 5.74) is 15.6. The van der Waals surface area contributed by atoms with E-state index in [4.69, 9.17) is 19.9 Å². The Balaban J connectivity index is 1.20. The molecule has 6 N–H and O–H groups in total. The summed E-state index contributed by atoms with van der Waals surface area (Å²) in [7, 11) is 0. The van der Waals surface area contributed by atoms with Crippen LogP contribution in [0.2, 0.25) is 0 Å². The van der Waals surface area contributed by atoms with Gasteiger partial charge < -0.3 is 45.1 Å². The van der Waals surface area contributed by atoms with Crippen molar-refractivity contribution in [1.82, 2.24) is 9.88 Å². The minimum atomic E-state index is -0.681. The number of aryl methyl sites for hydroxylation is 1. The Morgan fingerprint density at radius 1 is 1.07 bits per heavy atom. The van der Waals surface area contributed by atoms with E-state index in [1.54, 1.807) is 6.07 Å². The van der Waals surface area contributed by atoms with Crippen LogP contribution < -0.4 is 15.8 Å². The normalized spacial score (nSPS) is 29.2. The molecule has 7 aliphatic rings. The van der Waals surface area contributed by atoms with E-state index in [1.165, 1.54) is 16.7 Å². The lowest BCUT2D eigenvalue weighted by Crippen LogP contribution is -2.47. The van der Waals surface area contributed by atoms with Gasteiger partial charge in [-0.05, 0) is 102 Å². The number of nitrogens with zero attached hydrogens (tertiary/aromatic N) is 1. The highest BCUT2D eigenvalue weighted by Gasteiger charge is 2.47. The predicted octanol–water partition coefficient (Wildman–Crippen LogP) is 6.83. The summed E-state index contributed by atoms with van der Waals surface area (Å²) in [5.74, 6) is 8.51. The molecule has 8 bridgehead atoms. The average molecular weight is 780 g/mol. The van der Waals surface area contributed by atoms with E-state index in [1.807, 2.05) is 18.2 Å². The Morgan fingerprint density at radius 2 is 1.97 bits per heavy atom. The first-order chi connectivity index (χ1) is 28.3. The summed E-state index contributed by atoms with van der Waals surface area (Å²) in [4.78, 5) is 0. The van der Waals surface area contributed by atoms with Crippen molar-refractivity contribution < 1.29 is 29.5 Å². The molecule has 3 aromatic carbocycles. The van der Waals surface area contributed by atoms with Crippen LogP contribution >= 0.6 is 0 Å². The maximum absolute atomic E-state index is 11.8. The molecule has 5 aliphatic heterocycles. The van der Waals surface area contributed by atoms with E-state index in [0.717, 1.165) is 83.0 Å². The van der Waals surface area contributed by atoms with Crippen molar-refractivity contribution in [3.8, 4) is 23.3 Å². The lowest BCUT2D eigenvalue weighted by Gasteiger charge is -2.49. The van der Waals surface area contributed by atoms with Crippen molar-refractivity contribution in [3.63, 3.8) is 0 Å². The summed E-state index contributed by atoms with van der Waals surface area (Å²) in [6, 6.07) is 15.2. The molecule has 1 fully saturated rings. The molecule has 2 aliphatic carbocycles. The first kappa shape index (κ1) is 37.5. The first-order valence-electron chi connectivity index (χ1n) is 21.2. The van der Waals surface area contributed by atoms with Gasteiger partial charge in [0, 0.05) is 70.2 Å². The fourth-order valence-electron chi connectivity index (χ4n) is 10.8. The number of aromatic hydroxyl groups is 1. The maximum Gasteiger partial charge on any atom is 0.168 e. The molecule has 0 spiro atoms. The van der Waals surface area contributed by atoms with E-state index in [2.05, 4.69) is 77.4 Å². The maximum atomic E-state index is 11.8. The summed E-state index contributed by atoms with van der Waals surface area (Å²) in [6.45, 7) is 3.84. The molecular weight excluding hydrogens is 727 g/mol. The van der Waals surface area contributed by atoms with Gasteiger partial charge in [-0.3, -0.25) is 0 Å². The van der Waals surface area contributed by atoms with Crippen LogP contribution in [0.25, 0.3) is 22.7 Å². The third kappa shape index (κ3) is 6.47. The van der Waals surface area contributed by atoms with E-state index >= 15 is 0 Å². The largest absolute Gasteiger partial charge is 0.504 e. The lowest BCUT2D eigenvalue weighted by atomic mass is 9.57. The number of phenols is 1. The number of phenolic OH excluding ortho intramolecular Hbond substituents is 1. The summed E-state index contributed by atoms with van der Waals surface area (Å²) in [6.07, 6.45) is 15.6. The number of aromatic nitrogens is 1. The van der Waals surface area contributed by atoms with Crippen LogP contribution in [0.1, 0.15) is 84.4 Å². The molecule has 1 saturated heterocycles. The summed E-state index contributed by atoms with van der Waals surface area (Å²) >= 11 is 0. The number of hydrogen-bond acceptors (Lipinski definition) is 8. The van der Waals surface area contributed by atoms with Crippen LogP contribution in [0.5, 0.6) is 11.5 Å². The van der Waals surface area contributed by atoms with Gasteiger partial charge in [-0.25, -0.2) is 0 Å². The molecule has 4 aromatic rings. The topological polar surface area (TPSA) is 131 Å². The number of rotatable bonds is 2. The van der Waals surface area contributed by atoms with Gasteiger partial charge >= 0.3 is 0 Å². The zero-order chi connectivity index (χ0) is 39.5. The number of nitrogens with two attached hydrogens (primary N) is 1. The number of dihydropyridines is 1. The third-order valence-corrected chi connectivity index (χ3v) is 13.9. The van der Waals surface area contributed by atoms with Crippen LogP contribution in [0.3, 0.4) is 0 Å². The second kappa shape index (κ2) is 15.1. The quantitative estimate of drug-likeness (QED) is 0.140. The molecule has 0 saturated carbocycles. The zero-order valence-corrected chi connectivity index (χ0v) is 33.2. The molecule has 6 heterocycles. The molecule has 1 aromatic heterocycles. The predicted molar refractivity (Wildman–Crippen MR) is 225 cm³/mol. The Labute approximate surface area is 340 Å². The highest BCUT2D eigenvalue weighted by molar-refractivity contribution is 5.89. The van der Waals surface area contributed by atoms with Crippen LogP contribution in [0, 0.1) is 29.6 Å². The lowest BCUT2D eigenvalue weighted by molar-refractivity contribution is 0.00497. The molecule has 58 heavy (non-hydrogen) atoms. The summed E-state index contributed by atoms with van der Waals surface area (Å²) in [5, 5.41) is 39.4. The molecule has 7 unspecified atom stereocenters. The fraction of sp³-hybridized carbons (Fsp3) is 0.429. The number of benzene rings is 3. The third-order valence-electron chi connectivity index (χ3n) is 13.9. The van der Waals surface area contributed by atoms with Crippen LogP contribution in [0.4, 0.5) is 0 Å². The van der Waals surface area contributed by atoms with E-state index in [0.29, 0.717) is 49.9 Å². The monoisotopic (exact) mass is 779 g/mol. The highest BCUT2D eigenvalue weighted by atomic mass is 16.5. The molecule has 0 radical (unpaired) electrons. The van der Waals surface area contributed by atoms with Crippen molar-refractivity contribution in [3.05, 3.63) is 117 Å². The number of hydrogen-bond donors (Lipinski definition) is 5. The van der Waals surface area contributed by atoms with Crippen molar-refractivity contribution in [2.45, 2.75) is 95.3 Å². The number of aliphatic hydroxyl groups excluding tert-OH is 2. The van der Waals surface area contributed by atoms with Gasteiger partial charge in [0.25, 0.3) is 0 Å². The van der Waals surface area contributed by atoms with Crippen molar-refractivity contribution in [2.24, 2.45) is 23.5 Å². The molecule has 9 heteroatoms. The van der Waals surface area contributed by atoms with Gasteiger partial charge in [0.2, 0.25) is 0 Å². The Morgan fingerprint density at radius 3 is 2.86 bits per heavy atom. The van der Waals surface area contributed by atoms with Gasteiger partial charge in [0.15, 0.2) is 11.5 Å². The Bertz CT molecular complexity index is 2430. The molecule has 0 amide bonds. The molecule has 11 rings (SSSR count). The highest BCUT2D eigenvalue weighted by Crippen LogP contribution is 2.52. The van der Waals surface area contributed by atoms with Gasteiger partial charge in [-0.2, -0.15) is 0 Å². The van der Waals surface area contributed by atoms with Gasteiger partial charge in [-0.15, -0.1) is 0 Å². The van der Waals surface area contributed by atoms with Gasteiger partial charge in [0.05, 0.1) is 38.2 Å². The van der Waals surface area contributed by atoms with Crippen LogP contribution in [-0.4, -0.2) is 58.1 Å². The van der Waals surface area contributed by atoms with Gasteiger partial charge in [-0.1, -0.05) is 61.2 Å². The van der Waals surface area contributed by atoms with Gasteiger partial charge in [0.1, 0.15) is 12.4 Å². The molecule has 9 nitrogen and oxygen atoms in total. The van der Waals surface area contributed by atoms with E-state index < -0.39 is 12.3 Å². The van der Waals surface area contributed by atoms with Crippen LogP contribution in [0.15, 0.2) is 78.2 Å². The number of fused-ring (bicyclic) bond motifs is 5. The summed E-state index contributed by atoms with van der Waals surface area (Å²) < 4.78 is 21.9. The SMILES string of the molecule is CC1C#CC2=CC(N)NC3=C2COC(CCC1)CC(O)C1C=Cc2c(c(CO)cc(O)c2OCc2cc(C45CCOCC4CCc4ccccc45)cc4cn3cc24)C1. The standard InChI is InChI=1S/C49H53N3O6/c1-29-5-4-7-38-22-44(54)32-12-14-39-40(19-32)34(25-53)20-45(55)47(39)58-26-35-18-37(49-15-16-56-27-36(49)13-11-30-6-2-3-8-43(30)49)17-33-23-52(24-41(33)35)48-42(28-57-38)31(10-9-29)21-46(50)51-48/h2-3,6,8,12,14,17-18,20-21,23-24,29,32,36,38,44,46,51,53-55H,4-5,7,11,13,15-16,19,22,25-28,50H2,1H3. The average Bonchev–Trinajstić information content (AvgIpc) is 3.67. The number of nitrogens with one attached hydrogen (secondary N) is 1. The Hall–Kier alpha value is -4.82. The number of ether oxygens (including phenoxy) is 3. The van der Waals surface area contributed by atoms with E-state index in [9.17, 15) is 15.3 Å². The first-order valence-corrected chi connectivity index (χ1v) is 21.2. The van der Waals surface area contributed by atoms with Crippen LogP contribution in [-0.2, 0) is 40.9 Å². The second-order valence-electron chi connectivity index (χ2n) is 17.4. The molecular formula is C49H53N3O6. The number of aliphatic hydroxyl groups is 2. The minimum Gasteiger partial charge on any atom is -0.504 e. The van der Waals surface area contributed by atoms with Crippen molar-refractivity contribution >= 4 is 22.7 Å². The van der Waals surface area contributed by atoms with Crippen molar-refractivity contribution in [1.29, 1.82) is 0 Å². The Kier molecular flexibility index (Phi) is 9.74.